The Hall–Kier alpha value is -1.59. The molecule has 0 spiro atoms. The van der Waals surface area contributed by atoms with Crippen molar-refractivity contribution >= 4 is 11.9 Å². The van der Waals surface area contributed by atoms with Gasteiger partial charge in [0.25, 0.3) is 0 Å². The van der Waals surface area contributed by atoms with Crippen LogP contribution in [0.2, 0.25) is 0 Å². The Morgan fingerprint density at radius 3 is 1.67 bits per heavy atom. The van der Waals surface area contributed by atoms with Gasteiger partial charge < -0.3 is 14.5 Å². The maximum atomic E-state index is 5.55. The van der Waals surface area contributed by atoms with Crippen molar-refractivity contribution in [1.29, 1.82) is 0 Å². The van der Waals surface area contributed by atoms with E-state index in [-0.39, 0.29) is 0 Å². The average Bonchev–Trinajstić information content (AvgIpc) is 2.56. The van der Waals surface area contributed by atoms with Crippen LogP contribution in [-0.2, 0) is 0 Å². The van der Waals surface area contributed by atoms with Crippen molar-refractivity contribution < 1.29 is 4.74 Å². The van der Waals surface area contributed by atoms with E-state index in [4.69, 9.17) is 9.72 Å². The van der Waals surface area contributed by atoms with E-state index in [9.17, 15) is 0 Å². The van der Waals surface area contributed by atoms with Crippen LogP contribution in [0.4, 0.5) is 11.9 Å². The molecule has 0 saturated carbocycles. The Morgan fingerprint density at radius 2 is 1.24 bits per heavy atom. The van der Waals surface area contributed by atoms with Crippen LogP contribution in [0, 0.1) is 0 Å². The zero-order valence-electron chi connectivity index (χ0n) is 12.9. The van der Waals surface area contributed by atoms with Crippen molar-refractivity contribution in [2.24, 2.45) is 0 Å². The topological polar surface area (TPSA) is 54.4 Å². The smallest absolute Gasteiger partial charge is 0.323 e. The van der Waals surface area contributed by atoms with E-state index in [0.717, 1.165) is 38.1 Å². The van der Waals surface area contributed by atoms with Gasteiger partial charge in [0.1, 0.15) is 0 Å². The van der Waals surface area contributed by atoms with Gasteiger partial charge in [0.05, 0.1) is 6.61 Å². The zero-order chi connectivity index (χ0) is 14.5. The molecule has 0 N–H and O–H groups in total. The van der Waals surface area contributed by atoms with Gasteiger partial charge in [-0.15, -0.1) is 0 Å². The maximum absolute atomic E-state index is 5.55. The fourth-order valence-corrected chi connectivity index (χ4v) is 3.00. The van der Waals surface area contributed by atoms with Crippen molar-refractivity contribution in [2.45, 2.75) is 45.4 Å². The number of ether oxygens (including phenoxy) is 1. The summed E-state index contributed by atoms with van der Waals surface area (Å²) < 4.78 is 5.55. The Balaban J connectivity index is 1.85. The van der Waals surface area contributed by atoms with Crippen molar-refractivity contribution in [3.8, 4) is 6.01 Å². The molecule has 3 rings (SSSR count). The van der Waals surface area contributed by atoms with Gasteiger partial charge in [-0.05, 0) is 45.4 Å². The van der Waals surface area contributed by atoms with E-state index in [2.05, 4.69) is 19.8 Å². The summed E-state index contributed by atoms with van der Waals surface area (Å²) in [6, 6.07) is 0.466. The minimum atomic E-state index is 0.466. The second-order valence-electron chi connectivity index (χ2n) is 5.75. The van der Waals surface area contributed by atoms with Crippen molar-refractivity contribution in [1.82, 2.24) is 15.0 Å². The Labute approximate surface area is 126 Å². The fraction of sp³-hybridized carbons (Fsp3) is 0.800. The number of rotatable bonds is 4. The van der Waals surface area contributed by atoms with Gasteiger partial charge in [0.15, 0.2) is 0 Å². The molecule has 2 aliphatic rings. The summed E-state index contributed by atoms with van der Waals surface area (Å²) in [5.74, 6) is 1.57. The summed E-state index contributed by atoms with van der Waals surface area (Å²) in [6.07, 6.45) is 7.48. The van der Waals surface area contributed by atoms with Crippen LogP contribution in [0.15, 0.2) is 0 Å². The molecule has 2 aliphatic heterocycles. The lowest BCUT2D eigenvalue weighted by molar-refractivity contribution is 0.311. The molecule has 0 unspecified atom stereocenters. The average molecular weight is 291 g/mol. The van der Waals surface area contributed by atoms with Crippen LogP contribution >= 0.6 is 0 Å². The van der Waals surface area contributed by atoms with E-state index >= 15 is 0 Å². The molecule has 1 aromatic heterocycles. The molecule has 0 amide bonds. The van der Waals surface area contributed by atoms with E-state index in [1.54, 1.807) is 0 Å². The predicted molar refractivity (Wildman–Crippen MR) is 83.1 cm³/mol. The van der Waals surface area contributed by atoms with Crippen LogP contribution in [0.3, 0.4) is 0 Å². The second kappa shape index (κ2) is 6.91. The molecule has 116 valence electrons. The highest BCUT2D eigenvalue weighted by Gasteiger charge is 2.20. The van der Waals surface area contributed by atoms with Crippen LogP contribution in [0.25, 0.3) is 0 Å². The lowest BCUT2D eigenvalue weighted by Crippen LogP contribution is -2.34. The van der Waals surface area contributed by atoms with Crippen LogP contribution in [0.1, 0.15) is 45.4 Å². The molecule has 0 radical (unpaired) electrons. The fourth-order valence-electron chi connectivity index (χ4n) is 3.00. The molecule has 6 heteroatoms. The van der Waals surface area contributed by atoms with Gasteiger partial charge >= 0.3 is 6.01 Å². The SMILES string of the molecule is CCOc1nc(N2CCCCC2)nc(N2CCCCC2)n1. The summed E-state index contributed by atoms with van der Waals surface area (Å²) in [7, 11) is 0. The van der Waals surface area contributed by atoms with Crippen LogP contribution < -0.4 is 14.5 Å². The van der Waals surface area contributed by atoms with Crippen LogP contribution in [0.5, 0.6) is 6.01 Å². The highest BCUT2D eigenvalue weighted by atomic mass is 16.5. The third-order valence-corrected chi connectivity index (χ3v) is 4.14. The molecule has 6 nitrogen and oxygen atoms in total. The normalized spacial score (nSPS) is 19.7. The third-order valence-electron chi connectivity index (χ3n) is 4.14. The van der Waals surface area contributed by atoms with E-state index in [0.29, 0.717) is 12.6 Å². The lowest BCUT2D eigenvalue weighted by atomic mass is 10.1. The zero-order valence-corrected chi connectivity index (χ0v) is 12.9. The molecule has 2 fully saturated rings. The number of piperidine rings is 2. The van der Waals surface area contributed by atoms with Crippen LogP contribution in [-0.4, -0.2) is 47.7 Å². The monoisotopic (exact) mass is 291 g/mol. The predicted octanol–water partition coefficient (Wildman–Crippen LogP) is 2.25. The Bertz CT molecular complexity index is 419. The van der Waals surface area contributed by atoms with Gasteiger partial charge in [-0.1, -0.05) is 0 Å². The summed E-state index contributed by atoms with van der Waals surface area (Å²) in [5.41, 5.74) is 0. The molecule has 0 aromatic carbocycles. The van der Waals surface area contributed by atoms with Gasteiger partial charge in [-0.2, -0.15) is 15.0 Å². The number of nitrogens with zero attached hydrogens (tertiary/aromatic N) is 5. The minimum Gasteiger partial charge on any atom is -0.464 e. The van der Waals surface area contributed by atoms with E-state index in [1.165, 1.54) is 38.5 Å². The Morgan fingerprint density at radius 1 is 0.762 bits per heavy atom. The van der Waals surface area contributed by atoms with Gasteiger partial charge in [0, 0.05) is 26.2 Å². The first-order chi connectivity index (χ1) is 10.4. The standard InChI is InChI=1S/C15H25N5O/c1-2-21-15-17-13(19-9-5-3-6-10-19)16-14(18-15)20-11-7-4-8-12-20/h2-12H2,1H3. The number of anilines is 2. The van der Waals surface area contributed by atoms with E-state index in [1.807, 2.05) is 6.92 Å². The number of hydrogen-bond acceptors (Lipinski definition) is 6. The molecule has 0 aliphatic carbocycles. The number of hydrogen-bond donors (Lipinski definition) is 0. The van der Waals surface area contributed by atoms with Crippen molar-refractivity contribution in [3.05, 3.63) is 0 Å². The van der Waals surface area contributed by atoms with Crippen molar-refractivity contribution in [2.75, 3.05) is 42.6 Å². The minimum absolute atomic E-state index is 0.466. The lowest BCUT2D eigenvalue weighted by Gasteiger charge is -2.30. The van der Waals surface area contributed by atoms with E-state index < -0.39 is 0 Å². The third kappa shape index (κ3) is 3.54. The maximum Gasteiger partial charge on any atom is 0.323 e. The highest BCUT2D eigenvalue weighted by molar-refractivity contribution is 5.41. The molecule has 21 heavy (non-hydrogen) atoms. The first-order valence-electron chi connectivity index (χ1n) is 8.25. The molecular weight excluding hydrogens is 266 g/mol. The highest BCUT2D eigenvalue weighted by Crippen LogP contribution is 2.23. The largest absolute Gasteiger partial charge is 0.464 e. The molecule has 3 heterocycles. The molecule has 1 aromatic rings. The molecular formula is C15H25N5O. The summed E-state index contributed by atoms with van der Waals surface area (Å²) in [5, 5.41) is 0. The Kier molecular flexibility index (Phi) is 4.72. The summed E-state index contributed by atoms with van der Waals surface area (Å²) in [6.45, 7) is 6.70. The molecule has 2 saturated heterocycles. The van der Waals surface area contributed by atoms with Crippen molar-refractivity contribution in [3.63, 3.8) is 0 Å². The quantitative estimate of drug-likeness (QED) is 0.848. The van der Waals surface area contributed by atoms with Gasteiger partial charge in [0.2, 0.25) is 11.9 Å². The summed E-state index contributed by atoms with van der Waals surface area (Å²) in [4.78, 5) is 18.2. The second-order valence-corrected chi connectivity index (χ2v) is 5.75. The van der Waals surface area contributed by atoms with Gasteiger partial charge in [-0.3, -0.25) is 0 Å². The first kappa shape index (κ1) is 14.4. The molecule has 0 bridgehead atoms. The molecule has 0 atom stereocenters. The summed E-state index contributed by atoms with van der Waals surface area (Å²) >= 11 is 0. The van der Waals surface area contributed by atoms with Gasteiger partial charge in [-0.25, -0.2) is 0 Å². The first-order valence-corrected chi connectivity index (χ1v) is 8.25. The number of aromatic nitrogens is 3.